The third-order valence-corrected chi connectivity index (χ3v) is 2.72. The predicted octanol–water partition coefficient (Wildman–Crippen LogP) is 3.11. The lowest BCUT2D eigenvalue weighted by Crippen LogP contribution is -2.23. The summed E-state index contributed by atoms with van der Waals surface area (Å²) in [5.41, 5.74) is 3.89. The number of hydrogen-bond acceptors (Lipinski definition) is 2. The molecule has 16 heavy (non-hydrogen) atoms. The fourth-order valence-electron chi connectivity index (χ4n) is 1.64. The SMILES string of the molecule is CCCCNCCNc1cc(C)ccc1C. The van der Waals surface area contributed by atoms with Crippen LogP contribution in [0.1, 0.15) is 30.9 Å². The van der Waals surface area contributed by atoms with Gasteiger partial charge < -0.3 is 10.6 Å². The maximum atomic E-state index is 3.47. The lowest BCUT2D eigenvalue weighted by Gasteiger charge is -2.10. The molecule has 2 N–H and O–H groups in total. The second-order valence-electron chi connectivity index (χ2n) is 4.35. The minimum absolute atomic E-state index is 0.994. The summed E-state index contributed by atoms with van der Waals surface area (Å²) in [6.45, 7) is 9.65. The first-order valence-electron chi connectivity index (χ1n) is 6.26. The molecule has 0 radical (unpaired) electrons. The second kappa shape index (κ2) is 7.29. The van der Waals surface area contributed by atoms with Gasteiger partial charge >= 0.3 is 0 Å². The average Bonchev–Trinajstić information content (AvgIpc) is 2.28. The summed E-state index contributed by atoms with van der Waals surface area (Å²) in [5.74, 6) is 0. The van der Waals surface area contributed by atoms with Crippen molar-refractivity contribution >= 4 is 5.69 Å². The molecule has 1 aromatic rings. The standard InChI is InChI=1S/C14H24N2/c1-4-5-8-15-9-10-16-14-11-12(2)6-7-13(14)3/h6-7,11,15-16H,4-5,8-10H2,1-3H3. The maximum Gasteiger partial charge on any atom is 0.0372 e. The normalized spacial score (nSPS) is 10.4. The summed E-state index contributed by atoms with van der Waals surface area (Å²) in [7, 11) is 0. The molecule has 1 aromatic carbocycles. The maximum absolute atomic E-state index is 3.47. The minimum atomic E-state index is 0.994. The van der Waals surface area contributed by atoms with E-state index in [0.717, 1.165) is 19.6 Å². The zero-order valence-electron chi connectivity index (χ0n) is 10.8. The van der Waals surface area contributed by atoms with Crippen molar-refractivity contribution in [2.75, 3.05) is 25.0 Å². The van der Waals surface area contributed by atoms with Gasteiger partial charge in [-0.1, -0.05) is 25.5 Å². The lowest BCUT2D eigenvalue weighted by molar-refractivity contribution is 0.652. The monoisotopic (exact) mass is 220 g/mol. The fraction of sp³-hybridized carbons (Fsp3) is 0.571. The molecular weight excluding hydrogens is 196 g/mol. The molecule has 0 fully saturated rings. The fourth-order valence-corrected chi connectivity index (χ4v) is 1.64. The number of rotatable bonds is 7. The van der Waals surface area contributed by atoms with E-state index in [0.29, 0.717) is 0 Å². The van der Waals surface area contributed by atoms with E-state index < -0.39 is 0 Å². The summed E-state index contributed by atoms with van der Waals surface area (Å²) in [4.78, 5) is 0. The van der Waals surface area contributed by atoms with Crippen molar-refractivity contribution in [1.82, 2.24) is 5.32 Å². The Kier molecular flexibility index (Phi) is 5.94. The zero-order chi connectivity index (χ0) is 11.8. The minimum Gasteiger partial charge on any atom is -0.384 e. The lowest BCUT2D eigenvalue weighted by atomic mass is 10.1. The van der Waals surface area contributed by atoms with E-state index in [-0.39, 0.29) is 0 Å². The van der Waals surface area contributed by atoms with Gasteiger partial charge in [0.1, 0.15) is 0 Å². The molecule has 2 heteroatoms. The van der Waals surface area contributed by atoms with Crippen LogP contribution in [0, 0.1) is 13.8 Å². The first-order chi connectivity index (χ1) is 7.74. The van der Waals surface area contributed by atoms with Crippen LogP contribution in [0.2, 0.25) is 0 Å². The van der Waals surface area contributed by atoms with Gasteiger partial charge in [-0.25, -0.2) is 0 Å². The van der Waals surface area contributed by atoms with Gasteiger partial charge in [-0.05, 0) is 44.0 Å². The molecule has 0 atom stereocenters. The molecule has 2 nitrogen and oxygen atoms in total. The van der Waals surface area contributed by atoms with Gasteiger partial charge in [0.15, 0.2) is 0 Å². The van der Waals surface area contributed by atoms with Gasteiger partial charge in [0.2, 0.25) is 0 Å². The summed E-state index contributed by atoms with van der Waals surface area (Å²) in [6, 6.07) is 6.53. The number of aryl methyl sites for hydroxylation is 2. The van der Waals surface area contributed by atoms with Gasteiger partial charge in [-0.2, -0.15) is 0 Å². The van der Waals surface area contributed by atoms with Crippen molar-refractivity contribution in [1.29, 1.82) is 0 Å². The molecule has 0 unspecified atom stereocenters. The summed E-state index contributed by atoms with van der Waals surface area (Å²) in [5, 5.41) is 6.90. The number of hydrogen-bond donors (Lipinski definition) is 2. The van der Waals surface area contributed by atoms with Crippen LogP contribution in [0.25, 0.3) is 0 Å². The Morgan fingerprint density at radius 1 is 1.06 bits per heavy atom. The molecule has 0 heterocycles. The Labute approximate surface area is 99.5 Å². The van der Waals surface area contributed by atoms with Gasteiger partial charge in [-0.15, -0.1) is 0 Å². The second-order valence-corrected chi connectivity index (χ2v) is 4.35. The zero-order valence-corrected chi connectivity index (χ0v) is 10.8. The number of unbranched alkanes of at least 4 members (excludes halogenated alkanes) is 1. The Morgan fingerprint density at radius 3 is 2.62 bits per heavy atom. The molecule has 0 aliphatic rings. The summed E-state index contributed by atoms with van der Waals surface area (Å²) >= 11 is 0. The van der Waals surface area contributed by atoms with E-state index in [1.807, 2.05) is 0 Å². The number of benzene rings is 1. The van der Waals surface area contributed by atoms with E-state index in [1.165, 1.54) is 29.7 Å². The average molecular weight is 220 g/mol. The Morgan fingerprint density at radius 2 is 1.88 bits per heavy atom. The predicted molar refractivity (Wildman–Crippen MR) is 72.2 cm³/mol. The molecule has 1 rings (SSSR count). The largest absolute Gasteiger partial charge is 0.384 e. The molecule has 90 valence electrons. The highest BCUT2D eigenvalue weighted by Gasteiger charge is 1.96. The Bertz CT molecular complexity index is 308. The molecule has 0 saturated carbocycles. The van der Waals surface area contributed by atoms with Crippen LogP contribution >= 0.6 is 0 Å². The smallest absolute Gasteiger partial charge is 0.0372 e. The molecule has 0 aliphatic heterocycles. The van der Waals surface area contributed by atoms with E-state index in [1.54, 1.807) is 0 Å². The van der Waals surface area contributed by atoms with Crippen LogP contribution in [-0.2, 0) is 0 Å². The van der Waals surface area contributed by atoms with Gasteiger partial charge in [0, 0.05) is 18.8 Å². The third-order valence-electron chi connectivity index (χ3n) is 2.72. The van der Waals surface area contributed by atoms with Crippen molar-refractivity contribution in [3.05, 3.63) is 29.3 Å². The van der Waals surface area contributed by atoms with Crippen LogP contribution in [0.3, 0.4) is 0 Å². The van der Waals surface area contributed by atoms with E-state index in [4.69, 9.17) is 0 Å². The van der Waals surface area contributed by atoms with Crippen molar-refractivity contribution in [2.45, 2.75) is 33.6 Å². The molecule has 0 saturated heterocycles. The molecule has 0 amide bonds. The third kappa shape index (κ3) is 4.67. The topological polar surface area (TPSA) is 24.1 Å². The Balaban J connectivity index is 2.23. The highest BCUT2D eigenvalue weighted by Crippen LogP contribution is 2.15. The Hall–Kier alpha value is -1.02. The van der Waals surface area contributed by atoms with Crippen LogP contribution in [0.15, 0.2) is 18.2 Å². The van der Waals surface area contributed by atoms with E-state index >= 15 is 0 Å². The van der Waals surface area contributed by atoms with Crippen LogP contribution in [0.4, 0.5) is 5.69 Å². The summed E-state index contributed by atoms with van der Waals surface area (Å²) < 4.78 is 0. The van der Waals surface area contributed by atoms with Crippen molar-refractivity contribution < 1.29 is 0 Å². The van der Waals surface area contributed by atoms with Gasteiger partial charge in [-0.3, -0.25) is 0 Å². The van der Waals surface area contributed by atoms with Crippen LogP contribution in [0.5, 0.6) is 0 Å². The van der Waals surface area contributed by atoms with Crippen LogP contribution in [-0.4, -0.2) is 19.6 Å². The summed E-state index contributed by atoms with van der Waals surface area (Å²) in [6.07, 6.45) is 2.53. The molecule has 0 spiro atoms. The van der Waals surface area contributed by atoms with E-state index in [2.05, 4.69) is 49.6 Å². The number of anilines is 1. The number of nitrogens with one attached hydrogen (secondary N) is 2. The van der Waals surface area contributed by atoms with E-state index in [9.17, 15) is 0 Å². The van der Waals surface area contributed by atoms with Crippen molar-refractivity contribution in [3.63, 3.8) is 0 Å². The molecule has 0 aliphatic carbocycles. The first-order valence-corrected chi connectivity index (χ1v) is 6.26. The highest BCUT2D eigenvalue weighted by atomic mass is 14.9. The van der Waals surface area contributed by atoms with Crippen molar-refractivity contribution in [2.24, 2.45) is 0 Å². The van der Waals surface area contributed by atoms with Crippen molar-refractivity contribution in [3.8, 4) is 0 Å². The quantitative estimate of drug-likeness (QED) is 0.690. The molecule has 0 bridgehead atoms. The van der Waals surface area contributed by atoms with Gasteiger partial charge in [0.05, 0.1) is 0 Å². The van der Waals surface area contributed by atoms with Gasteiger partial charge in [0.25, 0.3) is 0 Å². The highest BCUT2D eigenvalue weighted by molar-refractivity contribution is 5.52. The first kappa shape index (κ1) is 13.0. The van der Waals surface area contributed by atoms with Crippen LogP contribution < -0.4 is 10.6 Å². The molecule has 0 aromatic heterocycles. The molecular formula is C14H24N2.